The van der Waals surface area contributed by atoms with Gasteiger partial charge in [-0.2, -0.15) is 0 Å². The lowest BCUT2D eigenvalue weighted by Gasteiger charge is -2.12. The summed E-state index contributed by atoms with van der Waals surface area (Å²) in [7, 11) is -3.10. The topological polar surface area (TPSA) is 89.3 Å². The molecule has 5 nitrogen and oxygen atoms in total. The van der Waals surface area contributed by atoms with Gasteiger partial charge in [0.05, 0.1) is 11.8 Å². The Labute approximate surface area is 130 Å². The Morgan fingerprint density at radius 3 is 2.55 bits per heavy atom. The van der Waals surface area contributed by atoms with Gasteiger partial charge in [0.2, 0.25) is 5.91 Å². The van der Waals surface area contributed by atoms with Crippen LogP contribution in [0.1, 0.15) is 12.0 Å². The highest BCUT2D eigenvalue weighted by Crippen LogP contribution is 2.15. The van der Waals surface area contributed by atoms with E-state index in [9.17, 15) is 13.2 Å². The molecule has 1 unspecified atom stereocenters. The summed E-state index contributed by atoms with van der Waals surface area (Å²) in [5.74, 6) is -0.422. The van der Waals surface area contributed by atoms with Crippen molar-refractivity contribution >= 4 is 26.5 Å². The molecule has 0 saturated carbocycles. The van der Waals surface area contributed by atoms with E-state index in [4.69, 9.17) is 5.73 Å². The van der Waals surface area contributed by atoms with E-state index in [2.05, 4.69) is 5.32 Å². The van der Waals surface area contributed by atoms with E-state index in [0.717, 1.165) is 22.6 Å². The van der Waals surface area contributed by atoms with Gasteiger partial charge in [-0.25, -0.2) is 8.42 Å². The van der Waals surface area contributed by atoms with Gasteiger partial charge in [-0.05, 0) is 28.8 Å². The smallest absolute Gasteiger partial charge is 0.237 e. The van der Waals surface area contributed by atoms with E-state index in [0.29, 0.717) is 6.54 Å². The summed E-state index contributed by atoms with van der Waals surface area (Å²) >= 11 is 0. The van der Waals surface area contributed by atoms with Gasteiger partial charge in [-0.15, -0.1) is 0 Å². The van der Waals surface area contributed by atoms with Crippen molar-refractivity contribution < 1.29 is 13.2 Å². The first-order valence-electron chi connectivity index (χ1n) is 7.04. The molecular weight excluding hydrogens is 300 g/mol. The van der Waals surface area contributed by atoms with Crippen LogP contribution in [0.2, 0.25) is 0 Å². The zero-order chi connectivity index (χ0) is 16.2. The molecule has 0 radical (unpaired) electrons. The average Bonchev–Trinajstić information content (AvgIpc) is 2.49. The maximum atomic E-state index is 11.9. The molecule has 2 rings (SSSR count). The molecule has 118 valence electrons. The molecule has 2 aromatic rings. The van der Waals surface area contributed by atoms with Gasteiger partial charge < -0.3 is 11.1 Å². The molecule has 0 saturated heterocycles. The number of rotatable bonds is 6. The molecule has 0 spiro atoms. The SMILES string of the molecule is CS(=O)(=O)CCC(N)C(=O)NCc1ccc2ccccc2c1. The zero-order valence-electron chi connectivity index (χ0n) is 12.5. The second kappa shape index (κ2) is 6.89. The van der Waals surface area contributed by atoms with Crippen molar-refractivity contribution in [2.24, 2.45) is 5.73 Å². The maximum Gasteiger partial charge on any atom is 0.237 e. The Morgan fingerprint density at radius 2 is 1.86 bits per heavy atom. The van der Waals surface area contributed by atoms with Crippen LogP contribution >= 0.6 is 0 Å². The van der Waals surface area contributed by atoms with Crippen LogP contribution < -0.4 is 11.1 Å². The van der Waals surface area contributed by atoms with Crippen molar-refractivity contribution in [1.29, 1.82) is 0 Å². The molecule has 6 heteroatoms. The second-order valence-corrected chi connectivity index (χ2v) is 7.68. The molecule has 2 aromatic carbocycles. The lowest BCUT2D eigenvalue weighted by atomic mass is 10.1. The number of carbonyl (C=O) groups is 1. The number of amides is 1. The lowest BCUT2D eigenvalue weighted by Crippen LogP contribution is -2.41. The summed E-state index contributed by atoms with van der Waals surface area (Å²) in [6, 6.07) is 13.1. The molecule has 0 heterocycles. The Bertz CT molecular complexity index is 772. The summed E-state index contributed by atoms with van der Waals surface area (Å²) in [5.41, 5.74) is 6.68. The van der Waals surface area contributed by atoms with Gasteiger partial charge in [0.25, 0.3) is 0 Å². The van der Waals surface area contributed by atoms with Crippen LogP contribution in [0, 0.1) is 0 Å². The van der Waals surface area contributed by atoms with Crippen molar-refractivity contribution in [3.05, 3.63) is 48.0 Å². The predicted octanol–water partition coefficient (Wildman–Crippen LogP) is 1.22. The third-order valence-corrected chi connectivity index (χ3v) is 4.39. The largest absolute Gasteiger partial charge is 0.351 e. The first kappa shape index (κ1) is 16.5. The number of fused-ring (bicyclic) bond motifs is 1. The fraction of sp³-hybridized carbons (Fsp3) is 0.312. The number of hydrogen-bond acceptors (Lipinski definition) is 4. The van der Waals surface area contributed by atoms with Gasteiger partial charge in [0.1, 0.15) is 9.84 Å². The zero-order valence-corrected chi connectivity index (χ0v) is 13.3. The van der Waals surface area contributed by atoms with Crippen LogP contribution in [0.3, 0.4) is 0 Å². The minimum Gasteiger partial charge on any atom is -0.351 e. The Balaban J connectivity index is 1.92. The van der Waals surface area contributed by atoms with Crippen molar-refractivity contribution in [2.75, 3.05) is 12.0 Å². The molecule has 0 aliphatic carbocycles. The van der Waals surface area contributed by atoms with Gasteiger partial charge in [0, 0.05) is 12.8 Å². The molecule has 0 fully saturated rings. The van der Waals surface area contributed by atoms with E-state index in [1.165, 1.54) is 0 Å². The molecule has 1 amide bonds. The van der Waals surface area contributed by atoms with E-state index in [1.54, 1.807) is 0 Å². The molecule has 22 heavy (non-hydrogen) atoms. The van der Waals surface area contributed by atoms with Gasteiger partial charge in [-0.1, -0.05) is 36.4 Å². The van der Waals surface area contributed by atoms with E-state index in [-0.39, 0.29) is 18.1 Å². The first-order chi connectivity index (χ1) is 10.3. The number of carbonyl (C=O) groups excluding carboxylic acids is 1. The highest BCUT2D eigenvalue weighted by molar-refractivity contribution is 7.90. The van der Waals surface area contributed by atoms with Crippen molar-refractivity contribution in [3.8, 4) is 0 Å². The quantitative estimate of drug-likeness (QED) is 0.837. The van der Waals surface area contributed by atoms with Crippen LogP contribution in [-0.2, 0) is 21.2 Å². The molecule has 1 atom stereocenters. The van der Waals surface area contributed by atoms with Crippen molar-refractivity contribution in [1.82, 2.24) is 5.32 Å². The van der Waals surface area contributed by atoms with Crippen LogP contribution in [-0.4, -0.2) is 32.4 Å². The lowest BCUT2D eigenvalue weighted by molar-refractivity contribution is -0.122. The highest BCUT2D eigenvalue weighted by atomic mass is 32.2. The highest BCUT2D eigenvalue weighted by Gasteiger charge is 2.15. The van der Waals surface area contributed by atoms with Gasteiger partial charge in [0.15, 0.2) is 0 Å². The van der Waals surface area contributed by atoms with Crippen LogP contribution in [0.15, 0.2) is 42.5 Å². The fourth-order valence-corrected chi connectivity index (χ4v) is 2.82. The Kier molecular flexibility index (Phi) is 5.15. The fourth-order valence-electron chi connectivity index (χ4n) is 2.14. The number of sulfone groups is 1. The van der Waals surface area contributed by atoms with E-state index >= 15 is 0 Å². The standard InChI is InChI=1S/C16H20N2O3S/c1-22(20,21)9-8-15(17)16(19)18-11-12-6-7-13-4-2-3-5-14(13)10-12/h2-7,10,15H,8-9,11,17H2,1H3,(H,18,19). The van der Waals surface area contributed by atoms with Gasteiger partial charge in [-0.3, -0.25) is 4.79 Å². The van der Waals surface area contributed by atoms with Crippen LogP contribution in [0.4, 0.5) is 0 Å². The minimum absolute atomic E-state index is 0.0858. The molecule has 0 aromatic heterocycles. The van der Waals surface area contributed by atoms with Gasteiger partial charge >= 0.3 is 0 Å². The van der Waals surface area contributed by atoms with Crippen LogP contribution in [0.25, 0.3) is 10.8 Å². The van der Waals surface area contributed by atoms with E-state index in [1.807, 2.05) is 42.5 Å². The van der Waals surface area contributed by atoms with Crippen molar-refractivity contribution in [3.63, 3.8) is 0 Å². The number of nitrogens with two attached hydrogens (primary N) is 1. The number of nitrogens with one attached hydrogen (secondary N) is 1. The average molecular weight is 320 g/mol. The first-order valence-corrected chi connectivity index (χ1v) is 9.10. The van der Waals surface area contributed by atoms with E-state index < -0.39 is 15.9 Å². The second-order valence-electron chi connectivity index (χ2n) is 5.42. The van der Waals surface area contributed by atoms with Crippen LogP contribution in [0.5, 0.6) is 0 Å². The monoisotopic (exact) mass is 320 g/mol. The maximum absolute atomic E-state index is 11.9. The number of hydrogen-bond donors (Lipinski definition) is 2. The summed E-state index contributed by atoms with van der Waals surface area (Å²) in [4.78, 5) is 11.9. The molecule has 0 aliphatic rings. The number of benzene rings is 2. The predicted molar refractivity (Wildman–Crippen MR) is 88.1 cm³/mol. The summed E-state index contributed by atoms with van der Waals surface area (Å²) < 4.78 is 22.1. The third-order valence-electron chi connectivity index (χ3n) is 3.42. The molecule has 3 N–H and O–H groups in total. The Hall–Kier alpha value is -1.92. The summed E-state index contributed by atoms with van der Waals surface area (Å²) in [6.45, 7) is 0.371. The molecule has 0 aliphatic heterocycles. The summed E-state index contributed by atoms with van der Waals surface area (Å²) in [5, 5.41) is 4.99. The molecular formula is C16H20N2O3S. The third kappa shape index (κ3) is 4.82. The minimum atomic E-state index is -3.10. The molecule has 0 bridgehead atoms. The van der Waals surface area contributed by atoms with Crippen molar-refractivity contribution in [2.45, 2.75) is 19.0 Å². The summed E-state index contributed by atoms with van der Waals surface area (Å²) in [6.07, 6.45) is 1.26. The Morgan fingerprint density at radius 1 is 1.18 bits per heavy atom. The normalized spacial score (nSPS) is 13.0.